The Morgan fingerprint density at radius 3 is 2.61 bits per heavy atom. The summed E-state index contributed by atoms with van der Waals surface area (Å²) < 4.78 is 12.0. The van der Waals surface area contributed by atoms with Crippen molar-refractivity contribution in [2.45, 2.75) is 44.8 Å². The molecule has 0 unspecified atom stereocenters. The maximum absolute atomic E-state index is 12.5. The zero-order valence-electron chi connectivity index (χ0n) is 18.9. The molecule has 1 N–H and O–H groups in total. The van der Waals surface area contributed by atoms with Crippen LogP contribution in [0.1, 0.15) is 41.7 Å². The van der Waals surface area contributed by atoms with Crippen LogP contribution < -0.4 is 15.0 Å². The Morgan fingerprint density at radius 1 is 1.06 bits per heavy atom. The number of benzene rings is 1. The highest BCUT2D eigenvalue weighted by Crippen LogP contribution is 2.33. The van der Waals surface area contributed by atoms with Gasteiger partial charge in [-0.2, -0.15) is 0 Å². The fraction of sp³-hybridized carbons (Fsp3) is 0.440. The molecule has 1 aliphatic carbocycles. The number of morpholine rings is 1. The average Bonchev–Trinajstić information content (AvgIpc) is 2.86. The van der Waals surface area contributed by atoms with Crippen LogP contribution in [0.3, 0.4) is 0 Å². The molecular formula is C25H29N5O3. The number of amides is 1. The third kappa shape index (κ3) is 5.06. The number of fused-ring (bicyclic) bond motifs is 1. The summed E-state index contributed by atoms with van der Waals surface area (Å²) in [6.45, 7) is 5.12. The number of pyridine rings is 1. The van der Waals surface area contributed by atoms with E-state index in [4.69, 9.17) is 9.47 Å². The molecule has 2 fully saturated rings. The first-order chi connectivity index (χ1) is 16.2. The van der Waals surface area contributed by atoms with E-state index in [0.29, 0.717) is 5.69 Å². The van der Waals surface area contributed by atoms with E-state index in [1.54, 1.807) is 24.7 Å². The fourth-order valence-corrected chi connectivity index (χ4v) is 4.49. The molecule has 2 aromatic heterocycles. The molecule has 0 spiro atoms. The molecule has 2 aliphatic rings. The molecule has 8 heteroatoms. The minimum Gasteiger partial charge on any atom is -0.488 e. The summed E-state index contributed by atoms with van der Waals surface area (Å²) in [5.74, 6) is 0.664. The summed E-state index contributed by atoms with van der Waals surface area (Å²) in [6, 6.07) is 7.97. The first kappa shape index (κ1) is 21.6. The van der Waals surface area contributed by atoms with Gasteiger partial charge in [0.2, 0.25) is 0 Å². The molecule has 1 amide bonds. The second kappa shape index (κ2) is 9.70. The quantitative estimate of drug-likeness (QED) is 0.642. The van der Waals surface area contributed by atoms with Crippen LogP contribution in [0.25, 0.3) is 11.0 Å². The molecule has 33 heavy (non-hydrogen) atoms. The Labute approximate surface area is 193 Å². The van der Waals surface area contributed by atoms with Gasteiger partial charge in [0.25, 0.3) is 5.91 Å². The van der Waals surface area contributed by atoms with E-state index < -0.39 is 0 Å². The second-order valence-corrected chi connectivity index (χ2v) is 8.75. The van der Waals surface area contributed by atoms with Gasteiger partial charge in [-0.1, -0.05) is 6.07 Å². The number of nitrogens with zero attached hydrogens (tertiary/aromatic N) is 4. The van der Waals surface area contributed by atoms with Gasteiger partial charge in [0.1, 0.15) is 17.0 Å². The highest BCUT2D eigenvalue weighted by atomic mass is 16.5. The zero-order valence-corrected chi connectivity index (χ0v) is 18.9. The maximum Gasteiger partial charge on any atom is 0.270 e. The van der Waals surface area contributed by atoms with E-state index in [1.165, 1.54) is 0 Å². The minimum atomic E-state index is -0.112. The normalized spacial score (nSPS) is 21.1. The Hall–Kier alpha value is -3.26. The van der Waals surface area contributed by atoms with Crippen LogP contribution in [0.5, 0.6) is 5.75 Å². The van der Waals surface area contributed by atoms with Crippen molar-refractivity contribution in [2.24, 2.45) is 0 Å². The maximum atomic E-state index is 12.5. The number of aromatic nitrogens is 3. The van der Waals surface area contributed by atoms with Gasteiger partial charge in [0, 0.05) is 49.5 Å². The van der Waals surface area contributed by atoms with E-state index in [0.717, 1.165) is 80.0 Å². The lowest BCUT2D eigenvalue weighted by Crippen LogP contribution is -2.40. The predicted molar refractivity (Wildman–Crippen MR) is 126 cm³/mol. The number of rotatable bonds is 5. The standard InChI is InChI=1S/C25H29N5O3/c1-17-2-7-21(28-16-17)25(31)29-18-3-5-20(6-4-18)33-23-15-19(30-10-12-32-13-11-30)14-22-24(23)27-9-8-26-22/h2,7-9,14-16,18,20H,3-6,10-13H2,1H3,(H,29,31). The van der Waals surface area contributed by atoms with E-state index in [2.05, 4.69) is 37.3 Å². The first-order valence-electron chi connectivity index (χ1n) is 11.6. The van der Waals surface area contributed by atoms with Crippen molar-refractivity contribution in [1.29, 1.82) is 0 Å². The van der Waals surface area contributed by atoms with Crippen molar-refractivity contribution in [3.05, 3.63) is 54.1 Å². The first-order valence-corrected chi connectivity index (χ1v) is 11.6. The van der Waals surface area contributed by atoms with Gasteiger partial charge in [0.05, 0.1) is 24.8 Å². The Morgan fingerprint density at radius 2 is 1.85 bits per heavy atom. The second-order valence-electron chi connectivity index (χ2n) is 8.75. The van der Waals surface area contributed by atoms with Gasteiger partial charge >= 0.3 is 0 Å². The van der Waals surface area contributed by atoms with Gasteiger partial charge in [0.15, 0.2) is 0 Å². The minimum absolute atomic E-state index is 0.0841. The lowest BCUT2D eigenvalue weighted by molar-refractivity contribution is 0.0890. The van der Waals surface area contributed by atoms with Gasteiger partial charge < -0.3 is 19.7 Å². The van der Waals surface area contributed by atoms with E-state index in [9.17, 15) is 4.79 Å². The van der Waals surface area contributed by atoms with Crippen molar-refractivity contribution in [1.82, 2.24) is 20.3 Å². The number of anilines is 1. The lowest BCUT2D eigenvalue weighted by Gasteiger charge is -2.31. The summed E-state index contributed by atoms with van der Waals surface area (Å²) in [5.41, 5.74) is 4.22. The van der Waals surface area contributed by atoms with E-state index in [-0.39, 0.29) is 18.1 Å². The third-order valence-electron chi connectivity index (χ3n) is 6.35. The molecule has 172 valence electrons. The molecule has 5 rings (SSSR count). The number of ether oxygens (including phenoxy) is 2. The Kier molecular flexibility index (Phi) is 6.35. The van der Waals surface area contributed by atoms with Gasteiger partial charge in [-0.05, 0) is 50.3 Å². The summed E-state index contributed by atoms with van der Waals surface area (Å²) >= 11 is 0. The summed E-state index contributed by atoms with van der Waals surface area (Å²) in [5, 5.41) is 3.12. The zero-order chi connectivity index (χ0) is 22.6. The van der Waals surface area contributed by atoms with Crippen LogP contribution in [0, 0.1) is 6.92 Å². The summed E-state index contributed by atoms with van der Waals surface area (Å²) in [6.07, 6.45) is 8.70. The summed E-state index contributed by atoms with van der Waals surface area (Å²) in [7, 11) is 0. The third-order valence-corrected chi connectivity index (χ3v) is 6.35. The molecule has 0 bridgehead atoms. The number of hydrogen-bond acceptors (Lipinski definition) is 7. The number of nitrogens with one attached hydrogen (secondary N) is 1. The van der Waals surface area contributed by atoms with Crippen molar-refractivity contribution >= 4 is 22.6 Å². The highest BCUT2D eigenvalue weighted by molar-refractivity contribution is 5.92. The highest BCUT2D eigenvalue weighted by Gasteiger charge is 2.25. The smallest absolute Gasteiger partial charge is 0.270 e. The molecule has 3 aromatic rings. The molecule has 1 saturated heterocycles. The van der Waals surface area contributed by atoms with Crippen molar-refractivity contribution in [3.8, 4) is 5.75 Å². The molecular weight excluding hydrogens is 418 g/mol. The largest absolute Gasteiger partial charge is 0.488 e. The van der Waals surface area contributed by atoms with Crippen LogP contribution in [0.15, 0.2) is 42.9 Å². The molecule has 1 aromatic carbocycles. The van der Waals surface area contributed by atoms with Crippen LogP contribution in [-0.4, -0.2) is 59.3 Å². The van der Waals surface area contributed by atoms with Gasteiger partial charge in [-0.15, -0.1) is 0 Å². The topological polar surface area (TPSA) is 89.5 Å². The van der Waals surface area contributed by atoms with Crippen molar-refractivity contribution < 1.29 is 14.3 Å². The van der Waals surface area contributed by atoms with Crippen LogP contribution >= 0.6 is 0 Å². The average molecular weight is 448 g/mol. The van der Waals surface area contributed by atoms with Crippen molar-refractivity contribution in [2.75, 3.05) is 31.2 Å². The van der Waals surface area contributed by atoms with E-state index >= 15 is 0 Å². The predicted octanol–water partition coefficient (Wildman–Crippen LogP) is 3.29. The lowest BCUT2D eigenvalue weighted by atomic mass is 9.92. The van der Waals surface area contributed by atoms with Gasteiger partial charge in [-0.3, -0.25) is 14.8 Å². The van der Waals surface area contributed by atoms with Crippen LogP contribution in [-0.2, 0) is 4.74 Å². The number of carbonyl (C=O) groups is 1. The SMILES string of the molecule is Cc1ccc(C(=O)NC2CCC(Oc3cc(N4CCOCC4)cc4nccnc34)CC2)nc1. The number of carbonyl (C=O) groups excluding carboxylic acids is 1. The molecule has 1 aliphatic heterocycles. The molecule has 1 saturated carbocycles. The van der Waals surface area contributed by atoms with Crippen molar-refractivity contribution in [3.63, 3.8) is 0 Å². The molecule has 3 heterocycles. The van der Waals surface area contributed by atoms with Gasteiger partial charge in [-0.25, -0.2) is 4.98 Å². The van der Waals surface area contributed by atoms with E-state index in [1.807, 2.05) is 13.0 Å². The number of hydrogen-bond donors (Lipinski definition) is 1. The molecule has 0 atom stereocenters. The summed E-state index contributed by atoms with van der Waals surface area (Å²) in [4.78, 5) is 28.1. The van der Waals surface area contributed by atoms with Crippen LogP contribution in [0.2, 0.25) is 0 Å². The monoisotopic (exact) mass is 447 g/mol. The molecule has 0 radical (unpaired) electrons. The Bertz CT molecular complexity index is 1110. The number of aryl methyl sites for hydroxylation is 1. The fourth-order valence-electron chi connectivity index (χ4n) is 4.49. The Balaban J connectivity index is 1.24. The van der Waals surface area contributed by atoms with Crippen LogP contribution in [0.4, 0.5) is 5.69 Å². The molecule has 8 nitrogen and oxygen atoms in total.